The molecule has 1 fully saturated rings. The van der Waals surface area contributed by atoms with E-state index >= 15 is 0 Å². The molecule has 44 heavy (non-hydrogen) atoms. The first-order valence-corrected chi connectivity index (χ1v) is 16.4. The average Bonchev–Trinajstić information content (AvgIpc) is 3.53. The van der Waals surface area contributed by atoms with E-state index in [4.69, 9.17) is 16.3 Å². The Hall–Kier alpha value is -3.47. The highest BCUT2D eigenvalue weighted by atomic mass is 35.5. The molecule has 2 aromatic carbocycles. The predicted octanol–water partition coefficient (Wildman–Crippen LogP) is 5.53. The normalized spacial score (nSPS) is 17.8. The molecule has 0 radical (unpaired) electrons. The summed E-state index contributed by atoms with van der Waals surface area (Å²) in [6.07, 6.45) is 6.11. The van der Waals surface area contributed by atoms with Crippen LogP contribution in [-0.2, 0) is 20.9 Å². The summed E-state index contributed by atoms with van der Waals surface area (Å²) in [7, 11) is 1.47. The smallest absolute Gasteiger partial charge is 0.251 e. The van der Waals surface area contributed by atoms with Crippen molar-refractivity contribution in [3.05, 3.63) is 81.8 Å². The van der Waals surface area contributed by atoms with Crippen molar-refractivity contribution in [3.8, 4) is 0 Å². The molecule has 4 N–H and O–H groups in total. The highest BCUT2D eigenvalue weighted by Gasteiger charge is 2.32. The fourth-order valence-corrected chi connectivity index (χ4v) is 6.28. The maximum atomic E-state index is 13.6. The Bertz CT molecular complexity index is 1370. The first-order chi connectivity index (χ1) is 21.2. The number of amides is 3. The van der Waals surface area contributed by atoms with Gasteiger partial charge in [-0.25, -0.2) is 4.98 Å². The van der Waals surface area contributed by atoms with Gasteiger partial charge < -0.3 is 26.0 Å². The maximum absolute atomic E-state index is 13.6. The zero-order chi connectivity index (χ0) is 31.5. The zero-order valence-corrected chi connectivity index (χ0v) is 27.0. The molecule has 0 spiro atoms. The molecule has 9 nitrogen and oxygen atoms in total. The molecule has 3 aromatic rings. The van der Waals surface area contributed by atoms with Crippen molar-refractivity contribution in [2.24, 2.45) is 5.92 Å². The molecular formula is C33H42ClN5O4S. The lowest BCUT2D eigenvalue weighted by Gasteiger charge is -2.34. The van der Waals surface area contributed by atoms with E-state index in [1.54, 1.807) is 18.3 Å². The fraction of sp³-hybridized carbons (Fsp3) is 0.455. The number of methoxy groups -OCH3 is 1. The SMILES string of the molecule is COC[C@@H](NC(=O)c1ccc(CNc2nccs2)cc1)C(=O)N[C@H](CC(C)C)C(=O)NC1CCCC[C@@H]1c1cccc(Cl)c1. The lowest BCUT2D eigenvalue weighted by atomic mass is 9.80. The van der Waals surface area contributed by atoms with Gasteiger partial charge in [0.2, 0.25) is 11.8 Å². The Morgan fingerprint density at radius 2 is 1.80 bits per heavy atom. The number of carbonyl (C=O) groups excluding carboxylic acids is 3. The number of benzene rings is 2. The molecule has 3 amide bonds. The quantitative estimate of drug-likeness (QED) is 0.184. The number of nitrogens with zero attached hydrogens (tertiary/aromatic N) is 1. The van der Waals surface area contributed by atoms with E-state index in [1.807, 2.05) is 49.6 Å². The van der Waals surface area contributed by atoms with Gasteiger partial charge >= 0.3 is 0 Å². The van der Waals surface area contributed by atoms with Crippen molar-refractivity contribution < 1.29 is 19.1 Å². The van der Waals surface area contributed by atoms with E-state index in [9.17, 15) is 14.4 Å². The molecular weight excluding hydrogens is 598 g/mol. The summed E-state index contributed by atoms with van der Waals surface area (Å²) in [4.78, 5) is 44.4. The molecule has 1 aromatic heterocycles. The van der Waals surface area contributed by atoms with Crippen molar-refractivity contribution in [1.29, 1.82) is 0 Å². The molecule has 0 aliphatic heterocycles. The first kappa shape index (κ1) is 33.4. The summed E-state index contributed by atoms with van der Waals surface area (Å²) in [5.41, 5.74) is 2.51. The molecule has 236 valence electrons. The lowest BCUT2D eigenvalue weighted by molar-refractivity contribution is -0.131. The summed E-state index contributed by atoms with van der Waals surface area (Å²) >= 11 is 7.79. The summed E-state index contributed by atoms with van der Waals surface area (Å²) in [5, 5.41) is 15.5. The van der Waals surface area contributed by atoms with Gasteiger partial charge in [-0.3, -0.25) is 14.4 Å². The number of hydrogen-bond donors (Lipinski definition) is 4. The Labute approximate surface area is 268 Å². The fourth-order valence-electron chi connectivity index (χ4n) is 5.55. The molecule has 1 aliphatic carbocycles. The predicted molar refractivity (Wildman–Crippen MR) is 175 cm³/mol. The molecule has 1 unspecified atom stereocenters. The highest BCUT2D eigenvalue weighted by Crippen LogP contribution is 2.34. The van der Waals surface area contributed by atoms with Crippen LogP contribution < -0.4 is 21.3 Å². The van der Waals surface area contributed by atoms with Crippen molar-refractivity contribution in [2.45, 2.75) is 76.5 Å². The first-order valence-electron chi connectivity index (χ1n) is 15.1. The number of aromatic nitrogens is 1. The van der Waals surface area contributed by atoms with Crippen LogP contribution in [0.5, 0.6) is 0 Å². The summed E-state index contributed by atoms with van der Waals surface area (Å²) in [5.74, 6) is -0.800. The van der Waals surface area contributed by atoms with Gasteiger partial charge in [-0.1, -0.05) is 62.6 Å². The van der Waals surface area contributed by atoms with Crippen LogP contribution in [-0.4, -0.2) is 54.5 Å². The van der Waals surface area contributed by atoms with Crippen molar-refractivity contribution >= 4 is 45.8 Å². The number of anilines is 1. The number of hydrogen-bond acceptors (Lipinski definition) is 7. The second kappa shape index (κ2) is 16.6. The van der Waals surface area contributed by atoms with Crippen LogP contribution in [0.25, 0.3) is 0 Å². The molecule has 1 aliphatic rings. The summed E-state index contributed by atoms with van der Waals surface area (Å²) in [6.45, 7) is 4.55. The highest BCUT2D eigenvalue weighted by molar-refractivity contribution is 7.13. The van der Waals surface area contributed by atoms with Gasteiger partial charge in [0.05, 0.1) is 6.61 Å². The van der Waals surface area contributed by atoms with E-state index in [1.165, 1.54) is 18.4 Å². The number of nitrogens with one attached hydrogen (secondary N) is 4. The minimum absolute atomic E-state index is 0.0388. The van der Waals surface area contributed by atoms with Gasteiger partial charge in [-0.2, -0.15) is 0 Å². The van der Waals surface area contributed by atoms with Crippen LogP contribution in [0, 0.1) is 5.92 Å². The molecule has 1 saturated carbocycles. The van der Waals surface area contributed by atoms with E-state index in [0.29, 0.717) is 23.6 Å². The largest absolute Gasteiger partial charge is 0.382 e. The van der Waals surface area contributed by atoms with E-state index < -0.39 is 23.9 Å². The van der Waals surface area contributed by atoms with Crippen molar-refractivity contribution in [1.82, 2.24) is 20.9 Å². The Morgan fingerprint density at radius 3 is 2.48 bits per heavy atom. The van der Waals surface area contributed by atoms with Gasteiger partial charge in [-0.05, 0) is 60.6 Å². The molecule has 0 saturated heterocycles. The van der Waals surface area contributed by atoms with Gasteiger partial charge in [-0.15, -0.1) is 11.3 Å². The number of ether oxygens (including phenoxy) is 1. The monoisotopic (exact) mass is 639 g/mol. The molecule has 1 heterocycles. The zero-order valence-electron chi connectivity index (χ0n) is 25.5. The molecule has 4 rings (SSSR count). The summed E-state index contributed by atoms with van der Waals surface area (Å²) < 4.78 is 5.27. The van der Waals surface area contributed by atoms with Crippen LogP contribution in [0.4, 0.5) is 5.13 Å². The van der Waals surface area contributed by atoms with Gasteiger partial charge in [0.1, 0.15) is 12.1 Å². The van der Waals surface area contributed by atoms with E-state index in [0.717, 1.165) is 41.9 Å². The maximum Gasteiger partial charge on any atom is 0.251 e. The minimum atomic E-state index is -0.977. The third-order valence-corrected chi connectivity index (χ3v) is 8.72. The summed E-state index contributed by atoms with van der Waals surface area (Å²) in [6, 6.07) is 13.1. The Kier molecular flexibility index (Phi) is 12.6. The Morgan fingerprint density at radius 1 is 1.02 bits per heavy atom. The van der Waals surface area contributed by atoms with Crippen LogP contribution in [0.1, 0.15) is 73.4 Å². The van der Waals surface area contributed by atoms with Crippen LogP contribution in [0.2, 0.25) is 5.02 Å². The van der Waals surface area contributed by atoms with Crippen molar-refractivity contribution in [3.63, 3.8) is 0 Å². The third kappa shape index (κ3) is 9.77. The van der Waals surface area contributed by atoms with Gasteiger partial charge in [0.25, 0.3) is 5.91 Å². The second-order valence-corrected chi connectivity index (χ2v) is 13.0. The van der Waals surface area contributed by atoms with Crippen molar-refractivity contribution in [2.75, 3.05) is 19.0 Å². The molecule has 11 heteroatoms. The van der Waals surface area contributed by atoms with E-state index in [-0.39, 0.29) is 30.4 Å². The van der Waals surface area contributed by atoms with Crippen LogP contribution >= 0.6 is 22.9 Å². The molecule has 0 bridgehead atoms. The number of rotatable bonds is 14. The van der Waals surface area contributed by atoms with Gasteiger partial charge in [0, 0.05) is 47.8 Å². The topological polar surface area (TPSA) is 121 Å². The van der Waals surface area contributed by atoms with Crippen LogP contribution in [0.3, 0.4) is 0 Å². The second-order valence-electron chi connectivity index (χ2n) is 11.6. The number of thiazole rings is 1. The Balaban J connectivity index is 1.38. The lowest BCUT2D eigenvalue weighted by Crippen LogP contribution is -2.57. The average molecular weight is 640 g/mol. The standard InChI is InChI=1S/C33H42ClN5O4S/c1-21(2)17-28(31(41)37-27-10-5-4-9-26(27)24-7-6-8-25(34)18-24)38-32(42)29(20-43-3)39-30(40)23-13-11-22(12-14-23)19-36-33-35-15-16-44-33/h6-8,11-16,18,21,26-29H,4-5,9-10,17,19-20H2,1-3H3,(H,35,36)(H,37,41)(H,38,42)(H,39,40)/t26-,27?,28-,29-/m1/s1. The van der Waals surface area contributed by atoms with E-state index in [2.05, 4.69) is 32.3 Å². The van der Waals surface area contributed by atoms with Gasteiger partial charge in [0.15, 0.2) is 5.13 Å². The molecule has 4 atom stereocenters. The number of carbonyl (C=O) groups is 3. The third-order valence-electron chi connectivity index (χ3n) is 7.76. The number of halogens is 1. The van der Waals surface area contributed by atoms with Crippen LogP contribution in [0.15, 0.2) is 60.1 Å². The minimum Gasteiger partial charge on any atom is -0.382 e.